The van der Waals surface area contributed by atoms with Gasteiger partial charge in [-0.1, -0.05) is 24.3 Å². The van der Waals surface area contributed by atoms with Crippen molar-refractivity contribution in [3.8, 4) is 11.8 Å². The van der Waals surface area contributed by atoms with Gasteiger partial charge < -0.3 is 10.5 Å². The Balaban J connectivity index is 2.36. The molecule has 1 amide bonds. The molecule has 0 aliphatic rings. The van der Waals surface area contributed by atoms with Crippen LogP contribution in [0.1, 0.15) is 23.6 Å². The maximum atomic E-state index is 13.3. The van der Waals surface area contributed by atoms with Gasteiger partial charge in [-0.2, -0.15) is 5.26 Å². The van der Waals surface area contributed by atoms with Crippen molar-refractivity contribution in [2.45, 2.75) is 13.3 Å². The van der Waals surface area contributed by atoms with Crippen LogP contribution in [-0.4, -0.2) is 12.5 Å². The molecule has 0 aliphatic heterocycles. The van der Waals surface area contributed by atoms with Crippen molar-refractivity contribution in [2.75, 3.05) is 6.61 Å². The molecule has 0 spiro atoms. The van der Waals surface area contributed by atoms with Gasteiger partial charge in [-0.05, 0) is 47.9 Å². The number of ether oxygens (including phenoxy) is 1. The quantitative estimate of drug-likeness (QED) is 0.655. The summed E-state index contributed by atoms with van der Waals surface area (Å²) < 4.78 is 19.0. The molecule has 0 bridgehead atoms. The molecule has 0 saturated carbocycles. The fourth-order valence-electron chi connectivity index (χ4n) is 2.29. The molecule has 0 atom stereocenters. The Bertz CT molecular complexity index is 822. The van der Waals surface area contributed by atoms with Gasteiger partial charge in [0.1, 0.15) is 23.2 Å². The Morgan fingerprint density at radius 1 is 1.33 bits per heavy atom. The molecule has 0 aliphatic carbocycles. The van der Waals surface area contributed by atoms with Crippen LogP contribution >= 0.6 is 0 Å². The molecule has 0 fully saturated rings. The first kappa shape index (κ1) is 17.2. The minimum Gasteiger partial charge on any atom is -0.494 e. The third kappa shape index (κ3) is 4.43. The van der Waals surface area contributed by atoms with Crippen molar-refractivity contribution >= 4 is 12.0 Å². The normalized spacial score (nSPS) is 11.0. The number of amides is 1. The van der Waals surface area contributed by atoms with Gasteiger partial charge in [-0.25, -0.2) is 4.39 Å². The number of halogens is 1. The summed E-state index contributed by atoms with van der Waals surface area (Å²) in [5.74, 6) is -0.443. The number of rotatable bonds is 6. The molecule has 2 aromatic rings. The van der Waals surface area contributed by atoms with Gasteiger partial charge in [0.2, 0.25) is 0 Å². The second-order valence-corrected chi connectivity index (χ2v) is 5.14. The van der Waals surface area contributed by atoms with Crippen LogP contribution in [0.2, 0.25) is 0 Å². The molecule has 0 heterocycles. The van der Waals surface area contributed by atoms with E-state index in [-0.39, 0.29) is 11.4 Å². The van der Waals surface area contributed by atoms with E-state index < -0.39 is 5.91 Å². The fourth-order valence-corrected chi connectivity index (χ4v) is 2.29. The Kier molecular flexibility index (Phi) is 5.69. The average Bonchev–Trinajstić information content (AvgIpc) is 2.55. The molecular weight excluding hydrogens is 307 g/mol. The van der Waals surface area contributed by atoms with E-state index in [0.717, 1.165) is 11.1 Å². The lowest BCUT2D eigenvalue weighted by atomic mass is 10.0. The second kappa shape index (κ2) is 7.93. The van der Waals surface area contributed by atoms with Crippen LogP contribution in [0.15, 0.2) is 48.0 Å². The van der Waals surface area contributed by atoms with Crippen molar-refractivity contribution in [1.29, 1.82) is 5.26 Å². The molecule has 0 saturated heterocycles. The van der Waals surface area contributed by atoms with Crippen LogP contribution in [0, 0.1) is 17.1 Å². The molecule has 0 aromatic heterocycles. The van der Waals surface area contributed by atoms with Gasteiger partial charge in [-0.15, -0.1) is 0 Å². The van der Waals surface area contributed by atoms with Crippen LogP contribution in [0.5, 0.6) is 5.75 Å². The number of benzene rings is 2. The lowest BCUT2D eigenvalue weighted by molar-refractivity contribution is -0.114. The summed E-state index contributed by atoms with van der Waals surface area (Å²) in [7, 11) is 0. The Hall–Kier alpha value is -3.13. The molecular formula is C19H17FN2O2. The number of nitriles is 1. The lowest BCUT2D eigenvalue weighted by Crippen LogP contribution is -2.12. The van der Waals surface area contributed by atoms with Gasteiger partial charge in [0, 0.05) is 6.42 Å². The van der Waals surface area contributed by atoms with Crippen molar-refractivity contribution in [2.24, 2.45) is 5.73 Å². The van der Waals surface area contributed by atoms with Gasteiger partial charge >= 0.3 is 0 Å². The predicted octanol–water partition coefficient (Wildman–Crippen LogP) is 3.21. The van der Waals surface area contributed by atoms with Gasteiger partial charge in [-0.3, -0.25) is 4.79 Å². The number of hydrogen-bond acceptors (Lipinski definition) is 3. The number of carbonyl (C=O) groups is 1. The third-order valence-electron chi connectivity index (χ3n) is 3.37. The van der Waals surface area contributed by atoms with Crippen LogP contribution in [0.3, 0.4) is 0 Å². The average molecular weight is 324 g/mol. The van der Waals surface area contributed by atoms with Gasteiger partial charge in [0.25, 0.3) is 5.91 Å². The highest BCUT2D eigenvalue weighted by Gasteiger charge is 2.09. The minimum absolute atomic E-state index is 0.129. The zero-order valence-corrected chi connectivity index (χ0v) is 13.3. The molecule has 0 unspecified atom stereocenters. The third-order valence-corrected chi connectivity index (χ3v) is 3.37. The van der Waals surface area contributed by atoms with Crippen LogP contribution in [-0.2, 0) is 11.2 Å². The first-order valence-corrected chi connectivity index (χ1v) is 7.45. The standard InChI is InChI=1S/C19H17FN2O2/c1-2-24-18-11-14(9-16(12-21)19(22)23)6-7-15(18)8-13-4-3-5-17(20)10-13/h3-7,9-11H,2,8H2,1H3,(H2,22,23)/b16-9+. The zero-order valence-electron chi connectivity index (χ0n) is 13.3. The summed E-state index contributed by atoms with van der Waals surface area (Å²) in [6.07, 6.45) is 1.93. The maximum Gasteiger partial charge on any atom is 0.259 e. The number of nitrogens with zero attached hydrogens (tertiary/aromatic N) is 1. The number of carbonyl (C=O) groups excluding carboxylic acids is 1. The first-order chi connectivity index (χ1) is 11.5. The summed E-state index contributed by atoms with van der Waals surface area (Å²) in [6.45, 7) is 2.32. The highest BCUT2D eigenvalue weighted by molar-refractivity contribution is 6.00. The van der Waals surface area contributed by atoms with E-state index in [2.05, 4.69) is 0 Å². The molecule has 2 aromatic carbocycles. The summed E-state index contributed by atoms with van der Waals surface area (Å²) in [5, 5.41) is 8.92. The van der Waals surface area contributed by atoms with E-state index in [1.54, 1.807) is 24.3 Å². The Morgan fingerprint density at radius 2 is 2.12 bits per heavy atom. The SMILES string of the molecule is CCOc1cc(/C=C(\C#N)C(N)=O)ccc1Cc1cccc(F)c1. The Labute approximate surface area is 140 Å². The smallest absolute Gasteiger partial charge is 0.259 e. The van der Waals surface area contributed by atoms with Gasteiger partial charge in [0.05, 0.1) is 6.61 Å². The van der Waals surface area contributed by atoms with Crippen LogP contribution in [0.4, 0.5) is 4.39 Å². The monoisotopic (exact) mass is 324 g/mol. The molecule has 0 radical (unpaired) electrons. The van der Waals surface area contributed by atoms with E-state index in [1.807, 2.05) is 19.1 Å². The van der Waals surface area contributed by atoms with Crippen molar-refractivity contribution in [1.82, 2.24) is 0 Å². The largest absolute Gasteiger partial charge is 0.494 e. The summed E-state index contributed by atoms with van der Waals surface area (Å²) in [5.41, 5.74) is 7.36. The van der Waals surface area contributed by atoms with E-state index >= 15 is 0 Å². The number of primary amides is 1. The van der Waals surface area contributed by atoms with Crippen molar-refractivity contribution in [3.05, 3.63) is 70.5 Å². The highest BCUT2D eigenvalue weighted by atomic mass is 19.1. The van der Waals surface area contributed by atoms with E-state index in [1.165, 1.54) is 18.2 Å². The second-order valence-electron chi connectivity index (χ2n) is 5.14. The van der Waals surface area contributed by atoms with E-state index in [9.17, 15) is 9.18 Å². The molecule has 4 nitrogen and oxygen atoms in total. The molecule has 122 valence electrons. The topological polar surface area (TPSA) is 76.1 Å². The molecule has 2 rings (SSSR count). The Morgan fingerprint density at radius 3 is 2.75 bits per heavy atom. The maximum absolute atomic E-state index is 13.3. The van der Waals surface area contributed by atoms with E-state index in [0.29, 0.717) is 24.3 Å². The van der Waals surface area contributed by atoms with Crippen molar-refractivity contribution < 1.29 is 13.9 Å². The van der Waals surface area contributed by atoms with Gasteiger partial charge in [0.15, 0.2) is 0 Å². The van der Waals surface area contributed by atoms with Crippen LogP contribution in [0.25, 0.3) is 6.08 Å². The fraction of sp³-hybridized carbons (Fsp3) is 0.158. The summed E-state index contributed by atoms with van der Waals surface area (Å²) in [6, 6.07) is 13.5. The predicted molar refractivity (Wildman–Crippen MR) is 89.6 cm³/mol. The highest BCUT2D eigenvalue weighted by Crippen LogP contribution is 2.25. The van der Waals surface area contributed by atoms with E-state index in [4.69, 9.17) is 15.7 Å². The molecule has 24 heavy (non-hydrogen) atoms. The van der Waals surface area contributed by atoms with Crippen molar-refractivity contribution in [3.63, 3.8) is 0 Å². The lowest BCUT2D eigenvalue weighted by Gasteiger charge is -2.11. The summed E-state index contributed by atoms with van der Waals surface area (Å²) >= 11 is 0. The van der Waals surface area contributed by atoms with Crippen LogP contribution < -0.4 is 10.5 Å². The molecule has 5 heteroatoms. The number of hydrogen-bond donors (Lipinski definition) is 1. The summed E-state index contributed by atoms with van der Waals surface area (Å²) in [4.78, 5) is 11.2. The minimum atomic E-state index is -0.778. The first-order valence-electron chi connectivity index (χ1n) is 7.45. The molecule has 2 N–H and O–H groups in total. The zero-order chi connectivity index (χ0) is 17.5. The number of nitrogens with two attached hydrogens (primary N) is 1.